The van der Waals surface area contributed by atoms with Crippen LogP contribution in [0, 0.1) is 12.3 Å². The molecule has 0 atom stereocenters. The minimum absolute atomic E-state index is 0.648. The van der Waals surface area contributed by atoms with Crippen molar-refractivity contribution >= 4 is 16.6 Å². The van der Waals surface area contributed by atoms with E-state index in [1.54, 1.807) is 0 Å². The molecule has 0 aliphatic rings. The minimum Gasteiger partial charge on any atom is -0.316 e. The molecule has 0 radical (unpaired) electrons. The van der Waals surface area contributed by atoms with E-state index in [1.165, 1.54) is 11.1 Å². The van der Waals surface area contributed by atoms with E-state index in [4.69, 9.17) is 5.41 Å². The van der Waals surface area contributed by atoms with Gasteiger partial charge >= 0.3 is 0 Å². The molecule has 2 nitrogen and oxygen atoms in total. The zero-order valence-electron chi connectivity index (χ0n) is 14.2. The van der Waals surface area contributed by atoms with Crippen molar-refractivity contribution < 1.29 is 0 Å². The topological polar surface area (TPSA) is 28.8 Å². The Hall–Kier alpha value is -3.13. The van der Waals surface area contributed by atoms with Crippen LogP contribution in [0.5, 0.6) is 0 Å². The summed E-state index contributed by atoms with van der Waals surface area (Å²) in [5.41, 5.74) is 6.36. The first-order valence-electron chi connectivity index (χ1n) is 8.52. The minimum atomic E-state index is 0.648. The van der Waals surface area contributed by atoms with E-state index < -0.39 is 0 Å². The SMILES string of the molecule is Cc1ccccc1CC(=N)c1cn(-c2ccccc2)c2ccccc12. The molecule has 122 valence electrons. The van der Waals surface area contributed by atoms with Gasteiger partial charge < -0.3 is 9.98 Å². The molecule has 0 saturated carbocycles. The van der Waals surface area contributed by atoms with Gasteiger partial charge in [0.1, 0.15) is 0 Å². The summed E-state index contributed by atoms with van der Waals surface area (Å²) in [6.45, 7) is 2.11. The third kappa shape index (κ3) is 2.87. The van der Waals surface area contributed by atoms with Gasteiger partial charge in [-0.15, -0.1) is 0 Å². The summed E-state index contributed by atoms with van der Waals surface area (Å²) in [6, 6.07) is 26.9. The zero-order chi connectivity index (χ0) is 17.2. The van der Waals surface area contributed by atoms with Crippen molar-refractivity contribution in [2.45, 2.75) is 13.3 Å². The molecule has 0 spiro atoms. The van der Waals surface area contributed by atoms with Crippen LogP contribution in [-0.2, 0) is 6.42 Å². The molecule has 1 heterocycles. The second-order valence-corrected chi connectivity index (χ2v) is 6.35. The molecule has 0 aliphatic heterocycles. The third-order valence-corrected chi connectivity index (χ3v) is 4.70. The lowest BCUT2D eigenvalue weighted by molar-refractivity contribution is 1.12. The van der Waals surface area contributed by atoms with Crippen LogP contribution in [-0.4, -0.2) is 10.3 Å². The van der Waals surface area contributed by atoms with Gasteiger partial charge in [-0.25, -0.2) is 0 Å². The fourth-order valence-corrected chi connectivity index (χ4v) is 3.32. The quantitative estimate of drug-likeness (QED) is 0.477. The average Bonchev–Trinajstić information content (AvgIpc) is 3.04. The predicted octanol–water partition coefficient (Wildman–Crippen LogP) is 5.55. The van der Waals surface area contributed by atoms with Crippen molar-refractivity contribution in [3.05, 3.63) is 102 Å². The highest BCUT2D eigenvalue weighted by atomic mass is 15.0. The summed E-state index contributed by atoms with van der Waals surface area (Å²) in [6.07, 6.45) is 2.75. The standard InChI is InChI=1S/C23H20N2/c1-17-9-5-6-10-18(17)15-22(24)21-16-25(19-11-3-2-4-12-19)23-14-8-7-13-20(21)23/h2-14,16,24H,15H2,1H3. The number of para-hydroxylation sites is 2. The summed E-state index contributed by atoms with van der Waals surface area (Å²) in [4.78, 5) is 0. The summed E-state index contributed by atoms with van der Waals surface area (Å²) < 4.78 is 2.18. The van der Waals surface area contributed by atoms with Gasteiger partial charge in [0.15, 0.2) is 0 Å². The van der Waals surface area contributed by atoms with Gasteiger partial charge in [-0.2, -0.15) is 0 Å². The van der Waals surface area contributed by atoms with E-state index in [0.29, 0.717) is 12.1 Å². The lowest BCUT2D eigenvalue weighted by Gasteiger charge is -2.06. The molecule has 4 rings (SSSR count). The molecule has 0 fully saturated rings. The molecule has 0 unspecified atom stereocenters. The van der Waals surface area contributed by atoms with E-state index in [2.05, 4.69) is 60.2 Å². The Balaban J connectivity index is 1.80. The van der Waals surface area contributed by atoms with Gasteiger partial charge in [-0.05, 0) is 36.2 Å². The zero-order valence-corrected chi connectivity index (χ0v) is 14.2. The van der Waals surface area contributed by atoms with E-state index in [9.17, 15) is 0 Å². The van der Waals surface area contributed by atoms with Crippen LogP contribution in [0.2, 0.25) is 0 Å². The Kier molecular flexibility index (Phi) is 3.95. The summed E-state index contributed by atoms with van der Waals surface area (Å²) in [7, 11) is 0. The smallest absolute Gasteiger partial charge is 0.0535 e. The van der Waals surface area contributed by atoms with Gasteiger partial charge in [-0.1, -0.05) is 60.7 Å². The fraction of sp³-hybridized carbons (Fsp3) is 0.0870. The normalized spacial score (nSPS) is 10.9. The molecule has 0 saturated heterocycles. The number of rotatable bonds is 4. The first-order valence-corrected chi connectivity index (χ1v) is 8.52. The first-order chi connectivity index (χ1) is 12.2. The van der Waals surface area contributed by atoms with Crippen LogP contribution in [0.3, 0.4) is 0 Å². The van der Waals surface area contributed by atoms with Crippen molar-refractivity contribution in [2.75, 3.05) is 0 Å². The number of nitrogens with zero attached hydrogens (tertiary/aromatic N) is 1. The molecule has 2 heteroatoms. The van der Waals surface area contributed by atoms with Crippen LogP contribution < -0.4 is 0 Å². The maximum absolute atomic E-state index is 8.71. The van der Waals surface area contributed by atoms with Gasteiger partial charge in [-0.3, -0.25) is 0 Å². The van der Waals surface area contributed by atoms with Crippen LogP contribution in [0.1, 0.15) is 16.7 Å². The van der Waals surface area contributed by atoms with E-state index >= 15 is 0 Å². The first kappa shape index (κ1) is 15.4. The highest BCUT2D eigenvalue weighted by Gasteiger charge is 2.14. The number of benzene rings is 3. The maximum Gasteiger partial charge on any atom is 0.0535 e. The van der Waals surface area contributed by atoms with Crippen molar-refractivity contribution in [3.8, 4) is 5.69 Å². The number of hydrogen-bond acceptors (Lipinski definition) is 1. The summed E-state index contributed by atoms with van der Waals surface area (Å²) in [5, 5.41) is 9.84. The van der Waals surface area contributed by atoms with Crippen molar-refractivity contribution in [2.24, 2.45) is 0 Å². The Labute approximate surface area is 147 Å². The molecule has 4 aromatic rings. The Bertz CT molecular complexity index is 1040. The van der Waals surface area contributed by atoms with E-state index in [0.717, 1.165) is 22.2 Å². The molecule has 0 aliphatic carbocycles. The second-order valence-electron chi connectivity index (χ2n) is 6.35. The van der Waals surface area contributed by atoms with Gasteiger partial charge in [0.05, 0.1) is 5.52 Å². The molecular weight excluding hydrogens is 304 g/mol. The van der Waals surface area contributed by atoms with E-state index in [-0.39, 0.29) is 0 Å². The Morgan fingerprint density at radius 1 is 0.840 bits per heavy atom. The number of nitrogens with one attached hydrogen (secondary N) is 1. The van der Waals surface area contributed by atoms with Crippen LogP contribution in [0.4, 0.5) is 0 Å². The van der Waals surface area contributed by atoms with Gasteiger partial charge in [0, 0.05) is 35.0 Å². The number of hydrogen-bond donors (Lipinski definition) is 1. The molecular formula is C23H20N2. The van der Waals surface area contributed by atoms with Crippen molar-refractivity contribution in [3.63, 3.8) is 0 Å². The van der Waals surface area contributed by atoms with Crippen molar-refractivity contribution in [1.29, 1.82) is 5.41 Å². The van der Waals surface area contributed by atoms with Gasteiger partial charge in [0.2, 0.25) is 0 Å². The summed E-state index contributed by atoms with van der Waals surface area (Å²) >= 11 is 0. The Morgan fingerprint density at radius 3 is 2.32 bits per heavy atom. The lowest BCUT2D eigenvalue weighted by Crippen LogP contribution is -2.04. The van der Waals surface area contributed by atoms with Crippen LogP contribution in [0.25, 0.3) is 16.6 Å². The maximum atomic E-state index is 8.71. The molecule has 0 amide bonds. The number of fused-ring (bicyclic) bond motifs is 1. The molecule has 1 N–H and O–H groups in total. The molecule has 1 aromatic heterocycles. The van der Waals surface area contributed by atoms with Crippen LogP contribution >= 0.6 is 0 Å². The summed E-state index contributed by atoms with van der Waals surface area (Å²) in [5.74, 6) is 0. The molecule has 3 aromatic carbocycles. The number of aromatic nitrogens is 1. The predicted molar refractivity (Wildman–Crippen MR) is 105 cm³/mol. The van der Waals surface area contributed by atoms with E-state index in [1.807, 2.05) is 36.4 Å². The lowest BCUT2D eigenvalue weighted by atomic mass is 9.99. The second kappa shape index (κ2) is 6.40. The highest BCUT2D eigenvalue weighted by molar-refractivity contribution is 6.10. The monoisotopic (exact) mass is 324 g/mol. The fourth-order valence-electron chi connectivity index (χ4n) is 3.32. The molecule has 25 heavy (non-hydrogen) atoms. The largest absolute Gasteiger partial charge is 0.316 e. The average molecular weight is 324 g/mol. The molecule has 0 bridgehead atoms. The van der Waals surface area contributed by atoms with Gasteiger partial charge in [0.25, 0.3) is 0 Å². The Morgan fingerprint density at radius 2 is 1.52 bits per heavy atom. The third-order valence-electron chi connectivity index (χ3n) is 4.70. The van der Waals surface area contributed by atoms with Crippen molar-refractivity contribution in [1.82, 2.24) is 4.57 Å². The van der Waals surface area contributed by atoms with Crippen LogP contribution in [0.15, 0.2) is 85.1 Å². The number of aryl methyl sites for hydroxylation is 1. The highest BCUT2D eigenvalue weighted by Crippen LogP contribution is 2.26.